The third-order valence-electron chi connectivity index (χ3n) is 5.63. The van der Waals surface area contributed by atoms with Gasteiger partial charge in [0.25, 0.3) is 0 Å². The fraction of sp³-hybridized carbons (Fsp3) is 0.250. The predicted octanol–water partition coefficient (Wildman–Crippen LogP) is 4.77. The van der Waals surface area contributed by atoms with Crippen molar-refractivity contribution in [3.63, 3.8) is 0 Å². The van der Waals surface area contributed by atoms with E-state index in [0.717, 1.165) is 35.2 Å². The Bertz CT molecular complexity index is 1270. The number of fused-ring (bicyclic) bond motifs is 1. The monoisotopic (exact) mass is 476 g/mol. The van der Waals surface area contributed by atoms with E-state index >= 15 is 0 Å². The van der Waals surface area contributed by atoms with Gasteiger partial charge in [-0.1, -0.05) is 31.2 Å². The van der Waals surface area contributed by atoms with Crippen molar-refractivity contribution in [1.29, 1.82) is 0 Å². The Balaban J connectivity index is 2.17. The Hall–Kier alpha value is -3.20. The quantitative estimate of drug-likeness (QED) is 0.644. The number of allylic oxidation sites excluding steroid dienone is 3. The first-order chi connectivity index (χ1) is 15.4. The zero-order valence-electron chi connectivity index (χ0n) is 18.2. The minimum atomic E-state index is -4.57. The highest BCUT2D eigenvalue weighted by atomic mass is 32.2. The summed E-state index contributed by atoms with van der Waals surface area (Å²) < 4.78 is 64.6. The third kappa shape index (κ3) is 4.78. The number of carbonyl (C=O) groups excluding carboxylic acids is 1. The Morgan fingerprint density at radius 3 is 2.18 bits per heavy atom. The first-order valence-electron chi connectivity index (χ1n) is 10.0. The molecular weight excluding hydrogens is 453 g/mol. The predicted molar refractivity (Wildman–Crippen MR) is 121 cm³/mol. The van der Waals surface area contributed by atoms with E-state index in [1.807, 2.05) is 0 Å². The third-order valence-corrected chi connectivity index (χ3v) is 7.24. The molecule has 1 aliphatic rings. The van der Waals surface area contributed by atoms with Gasteiger partial charge in [0.1, 0.15) is 0 Å². The van der Waals surface area contributed by atoms with Gasteiger partial charge in [0, 0.05) is 36.1 Å². The van der Waals surface area contributed by atoms with E-state index in [4.69, 9.17) is 5.73 Å². The molecule has 0 aromatic heterocycles. The SMILES string of the molecule is CN=CC1=C(N)C(=O)C(C)c2ccccc2C1/C(C)=C\S(=O)(=O)c1ccc(C(F)(F)F)cc1. The molecule has 3 rings (SSSR count). The molecule has 9 heteroatoms. The molecule has 0 amide bonds. The average Bonchev–Trinajstić information content (AvgIpc) is 2.83. The summed E-state index contributed by atoms with van der Waals surface area (Å²) in [5, 5.41) is 1.01. The van der Waals surface area contributed by atoms with Crippen molar-refractivity contribution in [1.82, 2.24) is 0 Å². The first kappa shape index (κ1) is 24.4. The fourth-order valence-electron chi connectivity index (χ4n) is 4.00. The second kappa shape index (κ2) is 8.97. The number of hydrogen-bond donors (Lipinski definition) is 1. The maximum absolute atomic E-state index is 13.0. The molecule has 2 N–H and O–H groups in total. The molecule has 2 atom stereocenters. The number of nitrogens with zero attached hydrogens (tertiary/aromatic N) is 1. The van der Waals surface area contributed by atoms with E-state index in [-0.39, 0.29) is 16.4 Å². The molecule has 33 heavy (non-hydrogen) atoms. The van der Waals surface area contributed by atoms with Crippen LogP contribution >= 0.6 is 0 Å². The lowest BCUT2D eigenvalue weighted by molar-refractivity contribution is -0.137. The van der Waals surface area contributed by atoms with Gasteiger partial charge in [-0.15, -0.1) is 0 Å². The first-order valence-corrected chi connectivity index (χ1v) is 11.6. The molecule has 174 valence electrons. The highest BCUT2D eigenvalue weighted by Gasteiger charge is 2.34. The number of sulfone groups is 1. The molecule has 0 aliphatic heterocycles. The van der Waals surface area contributed by atoms with Crippen LogP contribution in [0.1, 0.15) is 42.4 Å². The molecule has 2 aromatic rings. The molecule has 0 spiro atoms. The van der Waals surface area contributed by atoms with Crippen LogP contribution in [0.4, 0.5) is 13.2 Å². The normalized spacial score (nSPS) is 20.2. The number of ketones is 1. The summed E-state index contributed by atoms with van der Waals surface area (Å²) in [5.74, 6) is -1.51. The second-order valence-electron chi connectivity index (χ2n) is 7.83. The zero-order valence-corrected chi connectivity index (χ0v) is 19.0. The van der Waals surface area contributed by atoms with Gasteiger partial charge in [0.05, 0.1) is 16.2 Å². The molecule has 0 saturated heterocycles. The van der Waals surface area contributed by atoms with Crippen molar-refractivity contribution in [3.05, 3.63) is 87.5 Å². The molecule has 2 unspecified atom stereocenters. The van der Waals surface area contributed by atoms with E-state index in [1.54, 1.807) is 38.1 Å². The molecule has 2 aromatic carbocycles. The second-order valence-corrected chi connectivity index (χ2v) is 9.63. The maximum Gasteiger partial charge on any atom is 0.416 e. The van der Waals surface area contributed by atoms with Crippen LogP contribution in [-0.4, -0.2) is 27.5 Å². The van der Waals surface area contributed by atoms with Gasteiger partial charge in [-0.25, -0.2) is 8.42 Å². The standard InChI is InChI=1S/C24H23F3N2O3S/c1-14(13-33(31,32)17-10-8-16(9-11-17)24(25,26)27)21-19-7-5-4-6-18(19)15(2)23(30)22(28)20(21)12-29-3/h4-13,15,21H,28H2,1-3H3/b14-13-,29-12?. The highest BCUT2D eigenvalue weighted by Crippen LogP contribution is 2.41. The van der Waals surface area contributed by atoms with Gasteiger partial charge in [0.2, 0.25) is 0 Å². The van der Waals surface area contributed by atoms with Gasteiger partial charge in [-0.3, -0.25) is 9.79 Å². The van der Waals surface area contributed by atoms with Crippen molar-refractivity contribution in [3.8, 4) is 0 Å². The smallest absolute Gasteiger partial charge is 0.396 e. The van der Waals surface area contributed by atoms with Crippen LogP contribution in [0, 0.1) is 0 Å². The molecule has 0 bridgehead atoms. The minimum absolute atomic E-state index is 0.00558. The number of halogens is 3. The lowest BCUT2D eigenvalue weighted by atomic mass is 9.83. The van der Waals surface area contributed by atoms with Crippen LogP contribution < -0.4 is 5.73 Å². The van der Waals surface area contributed by atoms with E-state index in [0.29, 0.717) is 16.7 Å². The van der Waals surface area contributed by atoms with Crippen molar-refractivity contribution < 1.29 is 26.4 Å². The molecule has 5 nitrogen and oxygen atoms in total. The van der Waals surface area contributed by atoms with Crippen LogP contribution in [-0.2, 0) is 20.8 Å². The Morgan fingerprint density at radius 1 is 1.06 bits per heavy atom. The number of Topliss-reactive ketones (excluding diaryl/α,β-unsaturated/α-hetero) is 1. The lowest BCUT2D eigenvalue weighted by Gasteiger charge is -2.21. The van der Waals surface area contributed by atoms with Gasteiger partial charge >= 0.3 is 6.18 Å². The summed E-state index contributed by atoms with van der Waals surface area (Å²) in [6.45, 7) is 3.31. The Morgan fingerprint density at radius 2 is 1.64 bits per heavy atom. The zero-order chi connectivity index (χ0) is 24.6. The van der Waals surface area contributed by atoms with Crippen LogP contribution in [0.3, 0.4) is 0 Å². The number of nitrogens with two attached hydrogens (primary N) is 1. The summed E-state index contributed by atoms with van der Waals surface area (Å²) in [4.78, 5) is 16.6. The number of aliphatic imine (C=N–C) groups is 1. The van der Waals surface area contributed by atoms with Crippen molar-refractivity contribution in [2.24, 2.45) is 10.7 Å². The summed E-state index contributed by atoms with van der Waals surface area (Å²) in [7, 11) is -2.58. The van der Waals surface area contributed by atoms with Gasteiger partial charge in [0.15, 0.2) is 15.6 Å². The van der Waals surface area contributed by atoms with Crippen LogP contribution in [0.15, 0.2) is 80.7 Å². The van der Waals surface area contributed by atoms with Crippen molar-refractivity contribution in [2.45, 2.75) is 36.8 Å². The van der Waals surface area contributed by atoms with Crippen LogP contribution in [0.5, 0.6) is 0 Å². The van der Waals surface area contributed by atoms with Crippen molar-refractivity contribution in [2.75, 3.05) is 7.05 Å². The molecular formula is C24H23F3N2O3S. The minimum Gasteiger partial charge on any atom is -0.396 e. The Kier molecular flexibility index (Phi) is 6.65. The average molecular weight is 477 g/mol. The number of hydrogen-bond acceptors (Lipinski definition) is 5. The maximum atomic E-state index is 13.0. The molecule has 0 saturated carbocycles. The molecule has 0 radical (unpaired) electrons. The lowest BCUT2D eigenvalue weighted by Crippen LogP contribution is -2.19. The summed E-state index contributed by atoms with van der Waals surface area (Å²) in [6.07, 6.45) is -3.13. The number of carbonyl (C=O) groups is 1. The van der Waals surface area contributed by atoms with E-state index < -0.39 is 33.4 Å². The molecule has 0 fully saturated rings. The Labute approximate surface area is 190 Å². The number of benzene rings is 2. The highest BCUT2D eigenvalue weighted by molar-refractivity contribution is 7.94. The van der Waals surface area contributed by atoms with E-state index in [2.05, 4.69) is 4.99 Å². The van der Waals surface area contributed by atoms with Crippen LogP contribution in [0.2, 0.25) is 0 Å². The molecule has 0 heterocycles. The van der Waals surface area contributed by atoms with Crippen LogP contribution in [0.25, 0.3) is 0 Å². The number of alkyl halides is 3. The topological polar surface area (TPSA) is 89.6 Å². The summed E-state index contributed by atoms with van der Waals surface area (Å²) in [5.41, 5.74) is 7.40. The summed E-state index contributed by atoms with van der Waals surface area (Å²) in [6, 6.07) is 10.5. The van der Waals surface area contributed by atoms with Gasteiger partial charge in [-0.05, 0) is 47.9 Å². The largest absolute Gasteiger partial charge is 0.416 e. The van der Waals surface area contributed by atoms with Gasteiger partial charge in [-0.2, -0.15) is 13.2 Å². The van der Waals surface area contributed by atoms with Crippen molar-refractivity contribution >= 4 is 21.8 Å². The van der Waals surface area contributed by atoms with E-state index in [9.17, 15) is 26.4 Å². The van der Waals surface area contributed by atoms with E-state index in [1.165, 1.54) is 13.3 Å². The fourth-order valence-corrected chi connectivity index (χ4v) is 5.27. The summed E-state index contributed by atoms with van der Waals surface area (Å²) >= 11 is 0. The molecule has 1 aliphatic carbocycles. The number of rotatable bonds is 4. The van der Waals surface area contributed by atoms with Gasteiger partial charge < -0.3 is 5.73 Å².